The maximum Gasteiger partial charge on any atom is 0.0605 e. The molecule has 1 heterocycles. The molecule has 1 aliphatic carbocycles. The predicted molar refractivity (Wildman–Crippen MR) is 48.7 cm³/mol. The van der Waals surface area contributed by atoms with Crippen LogP contribution >= 0.6 is 0 Å². The molecule has 0 bridgehead atoms. The highest BCUT2D eigenvalue weighted by Gasteiger charge is 2.28. The van der Waals surface area contributed by atoms with E-state index in [9.17, 15) is 0 Å². The smallest absolute Gasteiger partial charge is 0.0605 e. The first-order valence-corrected chi connectivity index (χ1v) is 4.52. The minimum atomic E-state index is 0.172. The van der Waals surface area contributed by atoms with Crippen LogP contribution < -0.4 is 5.73 Å². The van der Waals surface area contributed by atoms with E-state index in [1.54, 1.807) is 0 Å². The number of aromatic nitrogens is 1. The van der Waals surface area contributed by atoms with Gasteiger partial charge in [-0.05, 0) is 24.0 Å². The van der Waals surface area contributed by atoms with Gasteiger partial charge in [-0.25, -0.2) is 0 Å². The summed E-state index contributed by atoms with van der Waals surface area (Å²) in [5.74, 6) is 0.606. The van der Waals surface area contributed by atoms with Crippen molar-refractivity contribution in [3.05, 3.63) is 29.6 Å². The number of nitrogens with two attached hydrogens (primary N) is 1. The Kier molecular flexibility index (Phi) is 1.85. The molecule has 1 aromatic heterocycles. The summed E-state index contributed by atoms with van der Waals surface area (Å²) in [5.41, 5.74) is 8.50. The van der Waals surface area contributed by atoms with Crippen molar-refractivity contribution in [1.82, 2.24) is 4.98 Å². The Balaban J connectivity index is 2.35. The van der Waals surface area contributed by atoms with E-state index in [0.717, 1.165) is 18.5 Å². The molecular formula is C10H14N2. The van der Waals surface area contributed by atoms with Gasteiger partial charge in [0.15, 0.2) is 0 Å². The highest BCUT2D eigenvalue weighted by atomic mass is 14.8. The standard InChI is InChI=1S/C10H14N2/c1-2-7-6-8-4-3-5-12-10(8)9(7)11/h3-5,7,9H,2,6,11H2,1H3/t7-,9+/m0/s1. The Hall–Kier alpha value is -0.890. The minimum Gasteiger partial charge on any atom is -0.322 e. The lowest BCUT2D eigenvalue weighted by Gasteiger charge is -2.11. The van der Waals surface area contributed by atoms with E-state index in [2.05, 4.69) is 18.0 Å². The molecule has 0 unspecified atom stereocenters. The number of fused-ring (bicyclic) bond motifs is 1. The number of rotatable bonds is 1. The third-order valence-electron chi connectivity index (χ3n) is 2.76. The lowest BCUT2D eigenvalue weighted by molar-refractivity contribution is 0.448. The molecular weight excluding hydrogens is 148 g/mol. The van der Waals surface area contributed by atoms with Crippen LogP contribution in [0.15, 0.2) is 18.3 Å². The van der Waals surface area contributed by atoms with Crippen LogP contribution in [0, 0.1) is 5.92 Å². The molecule has 2 nitrogen and oxygen atoms in total. The van der Waals surface area contributed by atoms with E-state index in [0.29, 0.717) is 5.92 Å². The first-order chi connectivity index (χ1) is 5.83. The van der Waals surface area contributed by atoms with Gasteiger partial charge in [-0.15, -0.1) is 0 Å². The third-order valence-corrected chi connectivity index (χ3v) is 2.76. The molecule has 2 atom stereocenters. The zero-order chi connectivity index (χ0) is 8.55. The lowest BCUT2D eigenvalue weighted by Crippen LogP contribution is -2.16. The maximum absolute atomic E-state index is 6.04. The van der Waals surface area contributed by atoms with Gasteiger partial charge in [-0.2, -0.15) is 0 Å². The molecule has 0 amide bonds. The zero-order valence-corrected chi connectivity index (χ0v) is 7.33. The summed E-state index contributed by atoms with van der Waals surface area (Å²) in [6, 6.07) is 4.30. The van der Waals surface area contributed by atoms with Crippen LogP contribution in [-0.4, -0.2) is 4.98 Å². The van der Waals surface area contributed by atoms with Gasteiger partial charge in [0.05, 0.1) is 11.7 Å². The van der Waals surface area contributed by atoms with E-state index in [1.807, 2.05) is 12.3 Å². The van der Waals surface area contributed by atoms with Gasteiger partial charge in [0, 0.05) is 6.20 Å². The Morgan fingerprint density at radius 2 is 2.50 bits per heavy atom. The van der Waals surface area contributed by atoms with Gasteiger partial charge in [0.1, 0.15) is 0 Å². The first-order valence-electron chi connectivity index (χ1n) is 4.52. The highest BCUT2D eigenvalue weighted by Crippen LogP contribution is 2.34. The van der Waals surface area contributed by atoms with E-state index in [-0.39, 0.29) is 6.04 Å². The van der Waals surface area contributed by atoms with Crippen LogP contribution in [0.1, 0.15) is 30.6 Å². The van der Waals surface area contributed by atoms with Crippen molar-refractivity contribution in [3.8, 4) is 0 Å². The monoisotopic (exact) mass is 162 g/mol. The Morgan fingerprint density at radius 1 is 1.67 bits per heavy atom. The van der Waals surface area contributed by atoms with Gasteiger partial charge in [-0.3, -0.25) is 4.98 Å². The van der Waals surface area contributed by atoms with Gasteiger partial charge in [0.2, 0.25) is 0 Å². The average molecular weight is 162 g/mol. The molecule has 2 heteroatoms. The fraction of sp³-hybridized carbons (Fsp3) is 0.500. The summed E-state index contributed by atoms with van der Waals surface area (Å²) < 4.78 is 0. The van der Waals surface area contributed by atoms with Crippen LogP contribution in [0.2, 0.25) is 0 Å². The Morgan fingerprint density at radius 3 is 3.17 bits per heavy atom. The number of nitrogens with zero attached hydrogens (tertiary/aromatic N) is 1. The molecule has 0 fully saturated rings. The van der Waals surface area contributed by atoms with E-state index in [1.165, 1.54) is 5.56 Å². The molecule has 0 saturated carbocycles. The number of hydrogen-bond donors (Lipinski definition) is 1. The first kappa shape index (κ1) is 7.74. The normalized spacial score (nSPS) is 27.2. The van der Waals surface area contributed by atoms with Crippen molar-refractivity contribution < 1.29 is 0 Å². The molecule has 0 radical (unpaired) electrons. The van der Waals surface area contributed by atoms with Crippen LogP contribution in [0.25, 0.3) is 0 Å². The number of hydrogen-bond acceptors (Lipinski definition) is 2. The molecule has 64 valence electrons. The van der Waals surface area contributed by atoms with Crippen molar-refractivity contribution in [3.63, 3.8) is 0 Å². The molecule has 0 aromatic carbocycles. The topological polar surface area (TPSA) is 38.9 Å². The Labute approximate surface area is 72.8 Å². The molecule has 0 aliphatic heterocycles. The van der Waals surface area contributed by atoms with E-state index < -0.39 is 0 Å². The van der Waals surface area contributed by atoms with Crippen molar-refractivity contribution >= 4 is 0 Å². The van der Waals surface area contributed by atoms with Crippen LogP contribution in [-0.2, 0) is 6.42 Å². The molecule has 0 saturated heterocycles. The summed E-state index contributed by atoms with van der Waals surface area (Å²) in [6.07, 6.45) is 4.09. The fourth-order valence-corrected chi connectivity index (χ4v) is 1.95. The second-order valence-corrected chi connectivity index (χ2v) is 3.45. The third kappa shape index (κ3) is 1.03. The molecule has 2 rings (SSSR count). The molecule has 0 spiro atoms. The van der Waals surface area contributed by atoms with Crippen molar-refractivity contribution in [2.75, 3.05) is 0 Å². The quantitative estimate of drug-likeness (QED) is 0.682. The summed E-state index contributed by atoms with van der Waals surface area (Å²) in [7, 11) is 0. The molecule has 12 heavy (non-hydrogen) atoms. The second kappa shape index (κ2) is 2.87. The molecule has 2 N–H and O–H groups in total. The van der Waals surface area contributed by atoms with Crippen LogP contribution in [0.3, 0.4) is 0 Å². The molecule has 1 aromatic rings. The molecule has 1 aliphatic rings. The average Bonchev–Trinajstić information content (AvgIpc) is 2.44. The van der Waals surface area contributed by atoms with E-state index in [4.69, 9.17) is 5.73 Å². The van der Waals surface area contributed by atoms with Gasteiger partial charge >= 0.3 is 0 Å². The summed E-state index contributed by atoms with van der Waals surface area (Å²) >= 11 is 0. The Bertz CT molecular complexity index is 283. The fourth-order valence-electron chi connectivity index (χ4n) is 1.95. The van der Waals surface area contributed by atoms with Crippen molar-refractivity contribution in [2.24, 2.45) is 11.7 Å². The SMILES string of the molecule is CC[C@H]1Cc2cccnc2[C@@H]1N. The van der Waals surface area contributed by atoms with Gasteiger partial charge in [0.25, 0.3) is 0 Å². The van der Waals surface area contributed by atoms with Gasteiger partial charge in [-0.1, -0.05) is 19.4 Å². The summed E-state index contributed by atoms with van der Waals surface area (Å²) in [5, 5.41) is 0. The minimum absolute atomic E-state index is 0.172. The van der Waals surface area contributed by atoms with E-state index >= 15 is 0 Å². The zero-order valence-electron chi connectivity index (χ0n) is 7.33. The lowest BCUT2D eigenvalue weighted by atomic mass is 10.0. The summed E-state index contributed by atoms with van der Waals surface area (Å²) in [4.78, 5) is 4.31. The van der Waals surface area contributed by atoms with Gasteiger partial charge < -0.3 is 5.73 Å². The largest absolute Gasteiger partial charge is 0.322 e. The maximum atomic E-state index is 6.04. The predicted octanol–water partition coefficient (Wildman–Crippen LogP) is 1.66. The van der Waals surface area contributed by atoms with Crippen LogP contribution in [0.4, 0.5) is 0 Å². The second-order valence-electron chi connectivity index (χ2n) is 3.45. The van der Waals surface area contributed by atoms with Crippen molar-refractivity contribution in [2.45, 2.75) is 25.8 Å². The van der Waals surface area contributed by atoms with Crippen LogP contribution in [0.5, 0.6) is 0 Å². The summed E-state index contributed by atoms with van der Waals surface area (Å²) in [6.45, 7) is 2.19. The van der Waals surface area contributed by atoms with Crippen molar-refractivity contribution in [1.29, 1.82) is 0 Å². The number of pyridine rings is 1. The highest BCUT2D eigenvalue weighted by molar-refractivity contribution is 5.29.